The highest BCUT2D eigenvalue weighted by Crippen LogP contribution is 2.49. The molecule has 0 amide bonds. The number of benzene rings is 1. The highest BCUT2D eigenvalue weighted by Gasteiger charge is 2.50. The van der Waals surface area contributed by atoms with Crippen molar-refractivity contribution in [3.63, 3.8) is 0 Å². The fourth-order valence-corrected chi connectivity index (χ4v) is 8.39. The van der Waals surface area contributed by atoms with Gasteiger partial charge < -0.3 is 14.3 Å². The summed E-state index contributed by atoms with van der Waals surface area (Å²) in [7, 11) is -0.940. The molecule has 4 aromatic heterocycles. The summed E-state index contributed by atoms with van der Waals surface area (Å²) in [6, 6.07) is 16.3. The van der Waals surface area contributed by atoms with Crippen molar-refractivity contribution in [3.8, 4) is 16.9 Å². The van der Waals surface area contributed by atoms with Crippen molar-refractivity contribution in [1.82, 2.24) is 18.5 Å². The molecule has 0 fully saturated rings. The van der Waals surface area contributed by atoms with Gasteiger partial charge in [0.2, 0.25) is 10.0 Å². The minimum absolute atomic E-state index is 0.0653. The van der Waals surface area contributed by atoms with Crippen molar-refractivity contribution in [2.45, 2.75) is 38.4 Å². The van der Waals surface area contributed by atoms with Crippen LogP contribution in [-0.4, -0.2) is 38.8 Å². The molecule has 1 aromatic carbocycles. The lowest BCUT2D eigenvalue weighted by Gasteiger charge is -2.40. The van der Waals surface area contributed by atoms with E-state index in [2.05, 4.69) is 9.97 Å². The Hall–Kier alpha value is -4.96. The van der Waals surface area contributed by atoms with Gasteiger partial charge >= 0.3 is 0 Å². The number of allylic oxidation sites excluding steroid dienone is 3. The maximum absolute atomic E-state index is 14.9. The third-order valence-corrected chi connectivity index (χ3v) is 11.3. The average Bonchev–Trinajstić information content (AvgIpc) is 3.46. The standard InChI is InChI=1S/C35H34N4O5S/c1-21-15-26(29-19-32(40)38(5)20-30(29)24-7-9-28(44-6)10-8-24)18-31(27-16-22(2)37-23(3)17-27)35(21,4)45(42,43)39-14-12-25-11-13-36-34(41)33(25)39/h7-20,31H,1-6H3,(H,36,41). The van der Waals surface area contributed by atoms with Crippen molar-refractivity contribution in [1.29, 1.82) is 0 Å². The number of aryl methyl sites for hydroxylation is 3. The van der Waals surface area contributed by atoms with Gasteiger partial charge in [-0.1, -0.05) is 24.3 Å². The van der Waals surface area contributed by atoms with Gasteiger partial charge in [0.15, 0.2) is 0 Å². The molecule has 6 rings (SSSR count). The van der Waals surface area contributed by atoms with Crippen molar-refractivity contribution < 1.29 is 13.2 Å². The summed E-state index contributed by atoms with van der Waals surface area (Å²) >= 11 is 0. The molecule has 45 heavy (non-hydrogen) atoms. The second kappa shape index (κ2) is 10.9. The minimum Gasteiger partial charge on any atom is -0.497 e. The first-order valence-corrected chi connectivity index (χ1v) is 15.9. The molecule has 230 valence electrons. The molecule has 5 aromatic rings. The fourth-order valence-electron chi connectivity index (χ4n) is 6.34. The van der Waals surface area contributed by atoms with E-state index in [4.69, 9.17) is 4.74 Å². The van der Waals surface area contributed by atoms with Gasteiger partial charge in [-0.15, -0.1) is 0 Å². The normalized spacial score (nSPS) is 18.5. The van der Waals surface area contributed by atoms with E-state index in [1.807, 2.05) is 62.4 Å². The lowest BCUT2D eigenvalue weighted by molar-refractivity contribution is 0.415. The van der Waals surface area contributed by atoms with E-state index in [0.717, 1.165) is 37.6 Å². The number of nitrogens with zero attached hydrogens (tertiary/aromatic N) is 3. The van der Waals surface area contributed by atoms with Crippen LogP contribution in [0.4, 0.5) is 0 Å². The zero-order valence-corrected chi connectivity index (χ0v) is 26.8. The molecule has 0 spiro atoms. The summed E-state index contributed by atoms with van der Waals surface area (Å²) in [5.41, 5.74) is 5.29. The lowest BCUT2D eigenvalue weighted by Crippen LogP contribution is -2.46. The van der Waals surface area contributed by atoms with Gasteiger partial charge in [-0.3, -0.25) is 14.6 Å². The Morgan fingerprint density at radius 2 is 1.64 bits per heavy atom. The van der Waals surface area contributed by atoms with Crippen LogP contribution in [0.2, 0.25) is 0 Å². The summed E-state index contributed by atoms with van der Waals surface area (Å²) in [4.78, 5) is 33.1. The summed E-state index contributed by atoms with van der Waals surface area (Å²) in [5, 5.41) is 0.524. The van der Waals surface area contributed by atoms with E-state index in [1.54, 1.807) is 52.4 Å². The third-order valence-electron chi connectivity index (χ3n) is 8.87. The molecule has 9 nitrogen and oxygen atoms in total. The Kier molecular flexibility index (Phi) is 7.28. The molecule has 0 saturated carbocycles. The van der Waals surface area contributed by atoms with E-state index in [0.29, 0.717) is 22.3 Å². The van der Waals surface area contributed by atoms with Gasteiger partial charge in [0.05, 0.1) is 7.11 Å². The molecule has 1 N–H and O–H groups in total. The third kappa shape index (κ3) is 4.85. The lowest BCUT2D eigenvalue weighted by atomic mass is 9.75. The first-order chi connectivity index (χ1) is 21.3. The Bertz CT molecular complexity index is 2250. The average molecular weight is 623 g/mol. The summed E-state index contributed by atoms with van der Waals surface area (Å²) < 4.78 is 36.2. The van der Waals surface area contributed by atoms with Crippen molar-refractivity contribution >= 4 is 26.5 Å². The van der Waals surface area contributed by atoms with Crippen LogP contribution in [0.3, 0.4) is 0 Å². The van der Waals surface area contributed by atoms with Crippen LogP contribution in [0.1, 0.15) is 42.3 Å². The summed E-state index contributed by atoms with van der Waals surface area (Å²) in [5.74, 6) is 0.00879. The minimum atomic E-state index is -4.25. The van der Waals surface area contributed by atoms with Crippen molar-refractivity contribution in [3.05, 3.63) is 134 Å². The van der Waals surface area contributed by atoms with E-state index in [9.17, 15) is 18.0 Å². The highest BCUT2D eigenvalue weighted by atomic mass is 32.2. The Labute approximate surface area is 261 Å². The molecule has 2 atom stereocenters. The van der Waals surface area contributed by atoms with Crippen LogP contribution in [0.25, 0.3) is 27.6 Å². The van der Waals surface area contributed by atoms with Gasteiger partial charge in [0.25, 0.3) is 11.1 Å². The van der Waals surface area contributed by atoms with Gasteiger partial charge in [-0.25, -0.2) is 12.4 Å². The molecule has 0 aliphatic heterocycles. The quantitative estimate of drug-likeness (QED) is 0.268. The zero-order valence-electron chi connectivity index (χ0n) is 26.0. The van der Waals surface area contributed by atoms with E-state index < -0.39 is 26.2 Å². The van der Waals surface area contributed by atoms with Crippen LogP contribution in [0.15, 0.2) is 101 Å². The van der Waals surface area contributed by atoms with Crippen molar-refractivity contribution in [2.75, 3.05) is 7.11 Å². The molecule has 4 heterocycles. The molecule has 0 radical (unpaired) electrons. The van der Waals surface area contributed by atoms with E-state index in [1.165, 1.54) is 17.0 Å². The number of fused-ring (bicyclic) bond motifs is 1. The molecule has 1 aliphatic carbocycles. The van der Waals surface area contributed by atoms with Crippen LogP contribution in [-0.2, 0) is 17.1 Å². The van der Waals surface area contributed by atoms with Crippen LogP contribution in [0.5, 0.6) is 5.75 Å². The predicted molar refractivity (Wildman–Crippen MR) is 177 cm³/mol. The van der Waals surface area contributed by atoms with Gasteiger partial charge in [0, 0.05) is 60.0 Å². The molecule has 2 unspecified atom stereocenters. The Balaban J connectivity index is 1.62. The monoisotopic (exact) mass is 622 g/mol. The van der Waals surface area contributed by atoms with Gasteiger partial charge in [-0.2, -0.15) is 0 Å². The number of H-pyrrole nitrogens is 1. The van der Waals surface area contributed by atoms with Crippen LogP contribution < -0.4 is 15.9 Å². The largest absolute Gasteiger partial charge is 0.497 e. The fraction of sp³-hybridized carbons (Fsp3) is 0.229. The molecular formula is C35H34N4O5S. The molecule has 10 heteroatoms. The second-order valence-electron chi connectivity index (χ2n) is 11.7. The molecular weight excluding hydrogens is 588 g/mol. The predicted octanol–water partition coefficient (Wildman–Crippen LogP) is 5.48. The number of hydrogen-bond acceptors (Lipinski definition) is 6. The summed E-state index contributed by atoms with van der Waals surface area (Å²) in [6.07, 6.45) is 8.50. The second-order valence-corrected chi connectivity index (χ2v) is 13.9. The SMILES string of the molecule is COc1ccc(-c2cn(C)c(=O)cc2C2=CC(c3cc(C)nc(C)c3)C(C)(S(=O)(=O)n3ccc4cc[nH]c(=O)c43)C(C)=C2)cc1. The molecule has 0 bridgehead atoms. The first kappa shape index (κ1) is 30.1. The Morgan fingerprint density at radius 3 is 2.31 bits per heavy atom. The van der Waals surface area contributed by atoms with E-state index in [-0.39, 0.29) is 11.1 Å². The number of rotatable bonds is 6. The maximum atomic E-state index is 14.9. The smallest absolute Gasteiger partial charge is 0.273 e. The highest BCUT2D eigenvalue weighted by molar-refractivity contribution is 7.91. The number of methoxy groups -OCH3 is 1. The summed E-state index contributed by atoms with van der Waals surface area (Å²) in [6.45, 7) is 7.25. The van der Waals surface area contributed by atoms with E-state index >= 15 is 0 Å². The number of nitrogens with one attached hydrogen (secondary N) is 1. The van der Waals surface area contributed by atoms with Crippen LogP contribution in [0, 0.1) is 13.8 Å². The molecule has 1 aliphatic rings. The number of hydrogen-bond donors (Lipinski definition) is 1. The Morgan fingerprint density at radius 1 is 0.956 bits per heavy atom. The maximum Gasteiger partial charge on any atom is 0.273 e. The topological polar surface area (TPSA) is 116 Å². The van der Waals surface area contributed by atoms with Crippen LogP contribution >= 0.6 is 0 Å². The van der Waals surface area contributed by atoms with Gasteiger partial charge in [0.1, 0.15) is 16.0 Å². The van der Waals surface area contributed by atoms with Crippen molar-refractivity contribution in [2.24, 2.45) is 7.05 Å². The number of ether oxygens (including phenoxy) is 1. The van der Waals surface area contributed by atoms with Gasteiger partial charge in [-0.05, 0) is 91.9 Å². The number of pyridine rings is 3. The number of aromatic nitrogens is 4. The number of aromatic amines is 1. The zero-order chi connectivity index (χ0) is 32.3. The first-order valence-electron chi connectivity index (χ1n) is 14.5. The molecule has 0 saturated heterocycles.